The first-order valence-electron chi connectivity index (χ1n) is 7.22. The predicted molar refractivity (Wildman–Crippen MR) is 67.4 cm³/mol. The van der Waals surface area contributed by atoms with Crippen LogP contribution in [0.25, 0.3) is 0 Å². The van der Waals surface area contributed by atoms with E-state index >= 15 is 0 Å². The summed E-state index contributed by atoms with van der Waals surface area (Å²) in [6, 6.07) is 0. The second-order valence-electron chi connectivity index (χ2n) is 7.50. The van der Waals surface area contributed by atoms with Gasteiger partial charge in [-0.15, -0.1) is 0 Å². The van der Waals surface area contributed by atoms with Crippen molar-refractivity contribution in [3.05, 3.63) is 0 Å². The van der Waals surface area contributed by atoms with Gasteiger partial charge < -0.3 is 9.84 Å². The first-order valence-corrected chi connectivity index (χ1v) is 7.22. The normalized spacial score (nSPS) is 57.5. The van der Waals surface area contributed by atoms with Gasteiger partial charge in [0.05, 0.1) is 6.10 Å². The summed E-state index contributed by atoms with van der Waals surface area (Å²) in [6.07, 6.45) is 5.78. The fourth-order valence-electron chi connectivity index (χ4n) is 4.91. The second-order valence-corrected chi connectivity index (χ2v) is 7.50. The second kappa shape index (κ2) is 3.27. The van der Waals surface area contributed by atoms with Gasteiger partial charge in [0.1, 0.15) is 0 Å². The molecule has 1 N–H and O–H groups in total. The standard InChI is InChI=1S/C15H26O2/c1-10(2)11-8-14(4)13(3)6-5-7-15(14,16)17-12(11)9-13/h10-12,16H,5-9H2,1-4H3/t11-,12-,13-,14-,15-/m0/s1. The Hall–Kier alpha value is -0.0800. The van der Waals surface area contributed by atoms with Crippen LogP contribution in [0, 0.1) is 22.7 Å². The molecule has 2 saturated heterocycles. The molecule has 98 valence electrons. The molecule has 2 saturated carbocycles. The number of aliphatic hydroxyl groups is 1. The van der Waals surface area contributed by atoms with Crippen LogP contribution in [0.1, 0.15) is 59.8 Å². The average molecular weight is 238 g/mol. The molecule has 2 aliphatic heterocycles. The molecule has 4 fully saturated rings. The summed E-state index contributed by atoms with van der Waals surface area (Å²) >= 11 is 0. The number of rotatable bonds is 1. The maximum Gasteiger partial charge on any atom is 0.171 e. The van der Waals surface area contributed by atoms with Gasteiger partial charge in [-0.05, 0) is 42.9 Å². The fraction of sp³-hybridized carbons (Fsp3) is 1.00. The summed E-state index contributed by atoms with van der Waals surface area (Å²) in [5.41, 5.74) is 0.246. The van der Waals surface area contributed by atoms with Crippen molar-refractivity contribution in [1.29, 1.82) is 0 Å². The Morgan fingerprint density at radius 3 is 2.47 bits per heavy atom. The molecule has 0 amide bonds. The molecular formula is C15H26O2. The van der Waals surface area contributed by atoms with E-state index in [0.29, 0.717) is 11.8 Å². The van der Waals surface area contributed by atoms with E-state index in [1.165, 1.54) is 6.42 Å². The Bertz CT molecular complexity index is 318. The van der Waals surface area contributed by atoms with Gasteiger partial charge in [-0.25, -0.2) is 0 Å². The van der Waals surface area contributed by atoms with Crippen LogP contribution in [0.15, 0.2) is 0 Å². The average Bonchev–Trinajstić information content (AvgIpc) is 2.18. The van der Waals surface area contributed by atoms with Gasteiger partial charge >= 0.3 is 0 Å². The topological polar surface area (TPSA) is 29.5 Å². The predicted octanol–water partition coefficient (Wildman–Crippen LogP) is 3.34. The molecule has 4 bridgehead atoms. The van der Waals surface area contributed by atoms with Crippen molar-refractivity contribution < 1.29 is 9.84 Å². The minimum absolute atomic E-state index is 0.0397. The van der Waals surface area contributed by atoms with Crippen molar-refractivity contribution in [2.75, 3.05) is 0 Å². The quantitative estimate of drug-likeness (QED) is 0.759. The molecule has 0 aromatic carbocycles. The van der Waals surface area contributed by atoms with E-state index in [4.69, 9.17) is 4.74 Å². The van der Waals surface area contributed by atoms with Crippen molar-refractivity contribution in [3.63, 3.8) is 0 Å². The SMILES string of the molecule is CC(C)[C@@H]1C[C@@]2(C)[C@@]3(C)CCC[C@]2(O)O[C@H]1C3. The molecule has 0 aromatic rings. The van der Waals surface area contributed by atoms with Gasteiger partial charge in [0.15, 0.2) is 5.79 Å². The van der Waals surface area contributed by atoms with Crippen LogP contribution < -0.4 is 0 Å². The lowest BCUT2D eigenvalue weighted by atomic mass is 9.44. The van der Waals surface area contributed by atoms with Crippen LogP contribution in [0.2, 0.25) is 0 Å². The first-order chi connectivity index (χ1) is 7.81. The van der Waals surface area contributed by atoms with Gasteiger partial charge in [0, 0.05) is 11.8 Å². The van der Waals surface area contributed by atoms with Crippen molar-refractivity contribution >= 4 is 0 Å². The molecule has 4 aliphatic rings. The molecular weight excluding hydrogens is 212 g/mol. The highest BCUT2D eigenvalue weighted by atomic mass is 16.6. The number of hydrogen-bond acceptors (Lipinski definition) is 2. The van der Waals surface area contributed by atoms with Crippen molar-refractivity contribution in [2.24, 2.45) is 22.7 Å². The minimum atomic E-state index is -0.839. The Kier molecular flexibility index (Phi) is 2.30. The fourth-order valence-corrected chi connectivity index (χ4v) is 4.91. The smallest absolute Gasteiger partial charge is 0.171 e. The summed E-state index contributed by atoms with van der Waals surface area (Å²) in [6.45, 7) is 9.24. The molecule has 2 heterocycles. The molecule has 0 radical (unpaired) electrons. The molecule has 0 unspecified atom stereocenters. The number of ether oxygens (including phenoxy) is 1. The zero-order valence-electron chi connectivity index (χ0n) is 11.6. The van der Waals surface area contributed by atoms with E-state index < -0.39 is 5.79 Å². The molecule has 4 rings (SSSR count). The maximum atomic E-state index is 10.9. The molecule has 17 heavy (non-hydrogen) atoms. The highest BCUT2D eigenvalue weighted by molar-refractivity contribution is 5.14. The van der Waals surface area contributed by atoms with Crippen LogP contribution >= 0.6 is 0 Å². The van der Waals surface area contributed by atoms with Gasteiger partial charge in [-0.1, -0.05) is 27.7 Å². The van der Waals surface area contributed by atoms with E-state index in [2.05, 4.69) is 27.7 Å². The van der Waals surface area contributed by atoms with Crippen molar-refractivity contribution in [1.82, 2.24) is 0 Å². The van der Waals surface area contributed by atoms with Crippen LogP contribution in [0.5, 0.6) is 0 Å². The summed E-state index contributed by atoms with van der Waals surface area (Å²) in [4.78, 5) is 0. The Morgan fingerprint density at radius 1 is 1.18 bits per heavy atom. The van der Waals surface area contributed by atoms with Crippen molar-refractivity contribution in [3.8, 4) is 0 Å². The largest absolute Gasteiger partial charge is 0.365 e. The maximum absolute atomic E-state index is 10.9. The van der Waals surface area contributed by atoms with Gasteiger partial charge in [0.25, 0.3) is 0 Å². The highest BCUT2D eigenvalue weighted by Crippen LogP contribution is 2.69. The Labute approximate surface area is 105 Å². The Morgan fingerprint density at radius 2 is 1.88 bits per heavy atom. The number of fused-ring (bicyclic) bond motifs is 1. The monoisotopic (exact) mass is 238 g/mol. The lowest BCUT2D eigenvalue weighted by molar-refractivity contribution is -0.409. The molecule has 0 aromatic heterocycles. The van der Waals surface area contributed by atoms with Gasteiger partial charge in [-0.2, -0.15) is 0 Å². The zero-order chi connectivity index (χ0) is 12.5. The molecule has 0 spiro atoms. The van der Waals surface area contributed by atoms with Gasteiger partial charge in [-0.3, -0.25) is 0 Å². The van der Waals surface area contributed by atoms with Gasteiger partial charge in [0.2, 0.25) is 0 Å². The van der Waals surface area contributed by atoms with Crippen LogP contribution in [-0.4, -0.2) is 17.0 Å². The lowest BCUT2D eigenvalue weighted by Gasteiger charge is -2.69. The Balaban J connectivity index is 2.02. The van der Waals surface area contributed by atoms with Crippen LogP contribution in [0.3, 0.4) is 0 Å². The lowest BCUT2D eigenvalue weighted by Crippen LogP contribution is -2.71. The first kappa shape index (κ1) is 12.0. The third kappa shape index (κ3) is 1.29. The summed E-state index contributed by atoms with van der Waals surface area (Å²) in [7, 11) is 0. The third-order valence-electron chi connectivity index (χ3n) is 6.41. The van der Waals surface area contributed by atoms with Crippen LogP contribution in [0.4, 0.5) is 0 Å². The molecule has 5 atom stereocenters. The van der Waals surface area contributed by atoms with E-state index in [9.17, 15) is 5.11 Å². The molecule has 2 heteroatoms. The summed E-state index contributed by atoms with van der Waals surface area (Å²) in [5.74, 6) is 0.452. The zero-order valence-corrected chi connectivity index (χ0v) is 11.6. The van der Waals surface area contributed by atoms with E-state index in [1.807, 2.05) is 0 Å². The summed E-state index contributed by atoms with van der Waals surface area (Å²) in [5, 5.41) is 10.9. The molecule has 2 nitrogen and oxygen atoms in total. The minimum Gasteiger partial charge on any atom is -0.365 e. The highest BCUT2D eigenvalue weighted by Gasteiger charge is 2.69. The molecule has 2 aliphatic carbocycles. The van der Waals surface area contributed by atoms with Crippen molar-refractivity contribution in [2.45, 2.75) is 71.7 Å². The van der Waals surface area contributed by atoms with E-state index in [1.54, 1.807) is 0 Å². The van der Waals surface area contributed by atoms with Crippen LogP contribution in [-0.2, 0) is 4.74 Å². The van der Waals surface area contributed by atoms with E-state index in [-0.39, 0.29) is 16.9 Å². The third-order valence-corrected chi connectivity index (χ3v) is 6.41. The summed E-state index contributed by atoms with van der Waals surface area (Å²) < 4.78 is 6.14. The number of hydrogen-bond donors (Lipinski definition) is 1. The van der Waals surface area contributed by atoms with E-state index in [0.717, 1.165) is 25.7 Å².